The highest BCUT2D eigenvalue weighted by molar-refractivity contribution is 5.96. The largest absolute Gasteiger partial charge is 0.346 e. The SMILES string of the molecule is CC(C)n1nc(-c2ccc(C#N)cc2)c(C2CC2)c1C(=O)NC(C)(C)C. The van der Waals surface area contributed by atoms with Gasteiger partial charge >= 0.3 is 0 Å². The first-order valence-electron chi connectivity index (χ1n) is 9.16. The van der Waals surface area contributed by atoms with Gasteiger partial charge in [0.25, 0.3) is 5.91 Å². The molecule has 0 bridgehead atoms. The van der Waals surface area contributed by atoms with E-state index in [0.717, 1.165) is 29.7 Å². The van der Waals surface area contributed by atoms with Gasteiger partial charge in [-0.3, -0.25) is 9.48 Å². The fraction of sp³-hybridized carbons (Fsp3) is 0.476. The fourth-order valence-electron chi connectivity index (χ4n) is 3.12. The van der Waals surface area contributed by atoms with Gasteiger partial charge in [0.2, 0.25) is 0 Å². The molecule has 5 heteroatoms. The van der Waals surface area contributed by atoms with E-state index >= 15 is 0 Å². The lowest BCUT2D eigenvalue weighted by atomic mass is 10.00. The van der Waals surface area contributed by atoms with Crippen molar-refractivity contribution in [3.8, 4) is 17.3 Å². The number of benzene rings is 1. The van der Waals surface area contributed by atoms with E-state index in [2.05, 4.69) is 11.4 Å². The van der Waals surface area contributed by atoms with Gasteiger partial charge in [-0.15, -0.1) is 0 Å². The lowest BCUT2D eigenvalue weighted by Gasteiger charge is -2.22. The van der Waals surface area contributed by atoms with Crippen molar-refractivity contribution in [2.75, 3.05) is 0 Å². The molecule has 1 aromatic heterocycles. The molecule has 1 aromatic carbocycles. The quantitative estimate of drug-likeness (QED) is 0.888. The summed E-state index contributed by atoms with van der Waals surface area (Å²) in [4.78, 5) is 13.1. The average Bonchev–Trinajstić information content (AvgIpc) is 3.32. The summed E-state index contributed by atoms with van der Waals surface area (Å²) in [6.07, 6.45) is 2.17. The summed E-state index contributed by atoms with van der Waals surface area (Å²) in [5.41, 5.74) is 3.86. The standard InChI is InChI=1S/C21H26N4O/c1-13(2)25-19(20(26)23-21(3,4)5)17(15-10-11-15)18(24-25)16-8-6-14(12-22)7-9-16/h6-9,13,15H,10-11H2,1-5H3,(H,23,26). The van der Waals surface area contributed by atoms with E-state index in [0.29, 0.717) is 17.2 Å². The van der Waals surface area contributed by atoms with Crippen LogP contribution >= 0.6 is 0 Å². The molecule has 2 aromatic rings. The van der Waals surface area contributed by atoms with Crippen LogP contribution in [0.25, 0.3) is 11.3 Å². The molecule has 5 nitrogen and oxygen atoms in total. The average molecular weight is 350 g/mol. The van der Waals surface area contributed by atoms with E-state index in [1.807, 2.05) is 51.4 Å². The molecule has 3 rings (SSSR count). The Balaban J connectivity index is 2.15. The topological polar surface area (TPSA) is 70.7 Å². The number of amides is 1. The number of hydrogen-bond acceptors (Lipinski definition) is 3. The smallest absolute Gasteiger partial charge is 0.270 e. The Kier molecular flexibility index (Phi) is 4.62. The molecule has 0 atom stereocenters. The minimum absolute atomic E-state index is 0.0690. The summed E-state index contributed by atoms with van der Waals surface area (Å²) >= 11 is 0. The highest BCUT2D eigenvalue weighted by atomic mass is 16.2. The molecule has 0 aliphatic heterocycles. The molecule has 1 aliphatic rings. The molecule has 1 fully saturated rings. The molecule has 1 amide bonds. The van der Waals surface area contributed by atoms with Crippen molar-refractivity contribution >= 4 is 5.91 Å². The summed E-state index contributed by atoms with van der Waals surface area (Å²) in [5, 5.41) is 16.9. The van der Waals surface area contributed by atoms with Crippen LogP contribution in [0.15, 0.2) is 24.3 Å². The zero-order chi connectivity index (χ0) is 19.1. The third-order valence-corrected chi connectivity index (χ3v) is 4.41. The minimum Gasteiger partial charge on any atom is -0.346 e. The first-order valence-corrected chi connectivity index (χ1v) is 9.16. The number of nitriles is 1. The van der Waals surface area contributed by atoms with Crippen molar-refractivity contribution in [3.05, 3.63) is 41.1 Å². The van der Waals surface area contributed by atoms with E-state index in [-0.39, 0.29) is 17.5 Å². The van der Waals surface area contributed by atoms with E-state index in [4.69, 9.17) is 10.4 Å². The first-order chi connectivity index (χ1) is 12.2. The molecular weight excluding hydrogens is 324 g/mol. The lowest BCUT2D eigenvalue weighted by molar-refractivity contribution is 0.0905. The fourth-order valence-corrected chi connectivity index (χ4v) is 3.12. The summed E-state index contributed by atoms with van der Waals surface area (Å²) in [5.74, 6) is 0.314. The number of nitrogens with one attached hydrogen (secondary N) is 1. The second-order valence-electron chi connectivity index (χ2n) is 8.32. The zero-order valence-electron chi connectivity index (χ0n) is 16.1. The van der Waals surface area contributed by atoms with Crippen LogP contribution in [-0.2, 0) is 0 Å². The predicted octanol–water partition coefficient (Wildman–Crippen LogP) is 4.41. The Morgan fingerprint density at radius 2 is 1.88 bits per heavy atom. The maximum atomic E-state index is 13.1. The van der Waals surface area contributed by atoms with Crippen LogP contribution in [0.2, 0.25) is 0 Å². The highest BCUT2D eigenvalue weighted by Gasteiger charge is 2.36. The molecule has 0 unspecified atom stereocenters. The van der Waals surface area contributed by atoms with Gasteiger partial charge in [-0.2, -0.15) is 10.4 Å². The van der Waals surface area contributed by atoms with Crippen molar-refractivity contribution in [1.82, 2.24) is 15.1 Å². The summed E-state index contributed by atoms with van der Waals surface area (Å²) in [6.45, 7) is 10.0. The number of carbonyl (C=O) groups is 1. The van der Waals surface area contributed by atoms with Gasteiger partial charge in [0, 0.05) is 22.7 Å². The Morgan fingerprint density at radius 3 is 2.35 bits per heavy atom. The Morgan fingerprint density at radius 1 is 1.27 bits per heavy atom. The van der Waals surface area contributed by atoms with Crippen LogP contribution < -0.4 is 5.32 Å². The summed E-state index contributed by atoms with van der Waals surface area (Å²) in [7, 11) is 0. The van der Waals surface area contributed by atoms with Gasteiger partial charge in [-0.25, -0.2) is 0 Å². The lowest BCUT2D eigenvalue weighted by Crippen LogP contribution is -2.42. The van der Waals surface area contributed by atoms with Gasteiger partial charge in [0.15, 0.2) is 0 Å². The molecule has 0 radical (unpaired) electrons. The monoisotopic (exact) mass is 350 g/mol. The van der Waals surface area contributed by atoms with E-state index in [1.165, 1.54) is 0 Å². The van der Waals surface area contributed by atoms with E-state index in [9.17, 15) is 4.79 Å². The highest BCUT2D eigenvalue weighted by Crippen LogP contribution is 2.46. The number of hydrogen-bond donors (Lipinski definition) is 1. The maximum absolute atomic E-state index is 13.1. The Bertz CT molecular complexity index is 859. The number of nitrogens with zero attached hydrogens (tertiary/aromatic N) is 3. The third-order valence-electron chi connectivity index (χ3n) is 4.41. The second kappa shape index (κ2) is 6.60. The number of aromatic nitrogens is 2. The van der Waals surface area contributed by atoms with Gasteiger partial charge in [0.05, 0.1) is 17.3 Å². The molecule has 0 saturated heterocycles. The predicted molar refractivity (Wildman–Crippen MR) is 102 cm³/mol. The van der Waals surface area contributed by atoms with Crippen LogP contribution in [0.5, 0.6) is 0 Å². The van der Waals surface area contributed by atoms with Crippen LogP contribution in [0.1, 0.15) is 81.0 Å². The van der Waals surface area contributed by atoms with Crippen molar-refractivity contribution in [3.63, 3.8) is 0 Å². The molecule has 1 saturated carbocycles. The van der Waals surface area contributed by atoms with Crippen LogP contribution in [-0.4, -0.2) is 21.2 Å². The van der Waals surface area contributed by atoms with Crippen molar-refractivity contribution in [2.24, 2.45) is 0 Å². The summed E-state index contributed by atoms with van der Waals surface area (Å²) < 4.78 is 1.85. The molecule has 1 heterocycles. The molecule has 26 heavy (non-hydrogen) atoms. The Labute approximate surface area is 155 Å². The minimum atomic E-state index is -0.307. The third kappa shape index (κ3) is 3.65. The van der Waals surface area contributed by atoms with Gasteiger partial charge in [-0.1, -0.05) is 12.1 Å². The molecule has 1 aliphatic carbocycles. The maximum Gasteiger partial charge on any atom is 0.270 e. The van der Waals surface area contributed by atoms with E-state index in [1.54, 1.807) is 12.1 Å². The number of carbonyl (C=O) groups excluding carboxylic acids is 1. The van der Waals surface area contributed by atoms with Crippen LogP contribution in [0.3, 0.4) is 0 Å². The zero-order valence-corrected chi connectivity index (χ0v) is 16.1. The van der Waals surface area contributed by atoms with Gasteiger partial charge in [0.1, 0.15) is 5.69 Å². The number of rotatable bonds is 4. The van der Waals surface area contributed by atoms with Crippen LogP contribution in [0, 0.1) is 11.3 Å². The normalized spacial score (nSPS) is 14.3. The van der Waals surface area contributed by atoms with Gasteiger partial charge < -0.3 is 5.32 Å². The van der Waals surface area contributed by atoms with Crippen molar-refractivity contribution in [2.45, 2.75) is 65.0 Å². The summed E-state index contributed by atoms with van der Waals surface area (Å²) in [6, 6.07) is 9.67. The van der Waals surface area contributed by atoms with Crippen LogP contribution in [0.4, 0.5) is 0 Å². The second-order valence-corrected chi connectivity index (χ2v) is 8.32. The van der Waals surface area contributed by atoms with E-state index < -0.39 is 0 Å². The molecule has 1 N–H and O–H groups in total. The Hall–Kier alpha value is -2.61. The van der Waals surface area contributed by atoms with Crippen molar-refractivity contribution < 1.29 is 4.79 Å². The van der Waals surface area contributed by atoms with Crippen molar-refractivity contribution in [1.29, 1.82) is 5.26 Å². The molecule has 136 valence electrons. The molecule has 0 spiro atoms. The first kappa shape index (κ1) is 18.2. The van der Waals surface area contributed by atoms with Gasteiger partial charge in [-0.05, 0) is 65.5 Å². The molecular formula is C21H26N4O.